The second-order valence-corrected chi connectivity index (χ2v) is 5.59. The summed E-state index contributed by atoms with van der Waals surface area (Å²) >= 11 is 1.51. The number of carbonyl (C=O) groups is 1. The molecule has 4 nitrogen and oxygen atoms in total. The maximum Gasteiger partial charge on any atom is 0.235 e. The van der Waals surface area contributed by atoms with Crippen LogP contribution in [-0.4, -0.2) is 34.1 Å². The second-order valence-electron chi connectivity index (χ2n) is 4.21. The molecule has 1 aromatic heterocycles. The van der Waals surface area contributed by atoms with Crippen LogP contribution in [0.25, 0.3) is 0 Å². The number of carbonyl (C=O) groups excluding carboxylic acids is 1. The van der Waals surface area contributed by atoms with E-state index in [4.69, 9.17) is 5.73 Å². The summed E-state index contributed by atoms with van der Waals surface area (Å²) in [5.41, 5.74) is 6.45. The third-order valence-electron chi connectivity index (χ3n) is 2.88. The van der Waals surface area contributed by atoms with Crippen LogP contribution in [0.2, 0.25) is 0 Å². The fraction of sp³-hybridized carbons (Fsp3) is 0.500. The van der Waals surface area contributed by atoms with E-state index in [1.165, 1.54) is 11.8 Å². The Kier molecular flexibility index (Phi) is 3.89. The average molecular weight is 251 g/mol. The van der Waals surface area contributed by atoms with Gasteiger partial charge in [-0.25, -0.2) is 0 Å². The number of likely N-dealkylation sites (tertiary alicyclic amines) is 1. The van der Waals surface area contributed by atoms with Gasteiger partial charge in [-0.2, -0.15) is 0 Å². The SMILES string of the molecule is CC(Sc1ccncc1N)C(=O)N1CCCC1. The molecular formula is C12H17N3OS. The van der Waals surface area contributed by atoms with Crippen LogP contribution in [0.5, 0.6) is 0 Å². The molecule has 5 heteroatoms. The second kappa shape index (κ2) is 5.40. The molecular weight excluding hydrogens is 234 g/mol. The van der Waals surface area contributed by atoms with E-state index < -0.39 is 0 Å². The summed E-state index contributed by atoms with van der Waals surface area (Å²) in [6.45, 7) is 3.73. The van der Waals surface area contributed by atoms with Gasteiger partial charge in [0.1, 0.15) is 0 Å². The molecule has 0 radical (unpaired) electrons. The van der Waals surface area contributed by atoms with Crippen molar-refractivity contribution in [2.24, 2.45) is 0 Å². The van der Waals surface area contributed by atoms with E-state index in [-0.39, 0.29) is 11.2 Å². The predicted molar refractivity (Wildman–Crippen MR) is 69.8 cm³/mol. The first-order valence-electron chi connectivity index (χ1n) is 5.83. The Morgan fingerprint density at radius 2 is 2.24 bits per heavy atom. The van der Waals surface area contributed by atoms with Crippen LogP contribution >= 0.6 is 11.8 Å². The zero-order valence-corrected chi connectivity index (χ0v) is 10.7. The number of pyridine rings is 1. The Bertz CT molecular complexity index is 404. The minimum Gasteiger partial charge on any atom is -0.397 e. The number of nitrogen functional groups attached to an aromatic ring is 1. The van der Waals surface area contributed by atoms with Gasteiger partial charge in [-0.05, 0) is 25.8 Å². The number of nitrogens with two attached hydrogens (primary N) is 1. The largest absolute Gasteiger partial charge is 0.397 e. The van der Waals surface area contributed by atoms with Crippen molar-refractivity contribution in [1.29, 1.82) is 0 Å². The van der Waals surface area contributed by atoms with Gasteiger partial charge in [-0.15, -0.1) is 11.8 Å². The fourth-order valence-electron chi connectivity index (χ4n) is 1.94. The third-order valence-corrected chi connectivity index (χ3v) is 4.06. The molecule has 0 spiro atoms. The molecule has 0 bridgehead atoms. The first kappa shape index (κ1) is 12.2. The van der Waals surface area contributed by atoms with Crippen molar-refractivity contribution in [3.8, 4) is 0 Å². The molecule has 1 aliphatic rings. The number of aromatic nitrogens is 1. The van der Waals surface area contributed by atoms with Crippen LogP contribution < -0.4 is 5.73 Å². The molecule has 1 fully saturated rings. The van der Waals surface area contributed by atoms with E-state index in [1.807, 2.05) is 17.9 Å². The van der Waals surface area contributed by atoms with Crippen molar-refractivity contribution in [3.63, 3.8) is 0 Å². The lowest BCUT2D eigenvalue weighted by Crippen LogP contribution is -2.34. The van der Waals surface area contributed by atoms with Crippen LogP contribution in [0.3, 0.4) is 0 Å². The summed E-state index contributed by atoms with van der Waals surface area (Å²) in [5.74, 6) is 0.212. The molecule has 1 aromatic rings. The van der Waals surface area contributed by atoms with Crippen LogP contribution in [-0.2, 0) is 4.79 Å². The highest BCUT2D eigenvalue weighted by Gasteiger charge is 2.24. The summed E-state index contributed by atoms with van der Waals surface area (Å²) < 4.78 is 0. The van der Waals surface area contributed by atoms with Crippen molar-refractivity contribution < 1.29 is 4.79 Å². The molecule has 1 unspecified atom stereocenters. The summed E-state index contributed by atoms with van der Waals surface area (Å²) in [6, 6.07) is 1.85. The maximum atomic E-state index is 12.1. The highest BCUT2D eigenvalue weighted by molar-refractivity contribution is 8.00. The van der Waals surface area contributed by atoms with Crippen LogP contribution in [0.4, 0.5) is 5.69 Å². The van der Waals surface area contributed by atoms with E-state index in [0.717, 1.165) is 30.8 Å². The summed E-state index contributed by atoms with van der Waals surface area (Å²) in [6.07, 6.45) is 5.57. The molecule has 92 valence electrons. The van der Waals surface area contributed by atoms with Gasteiger partial charge in [0.25, 0.3) is 0 Å². The van der Waals surface area contributed by atoms with Gasteiger partial charge < -0.3 is 10.6 Å². The summed E-state index contributed by atoms with van der Waals surface area (Å²) in [7, 11) is 0. The Hall–Kier alpha value is -1.23. The van der Waals surface area contributed by atoms with Gasteiger partial charge in [-0.3, -0.25) is 9.78 Å². The Morgan fingerprint density at radius 3 is 2.88 bits per heavy atom. The highest BCUT2D eigenvalue weighted by Crippen LogP contribution is 2.29. The van der Waals surface area contributed by atoms with Crippen molar-refractivity contribution in [1.82, 2.24) is 9.88 Å². The van der Waals surface area contributed by atoms with Gasteiger partial charge in [0, 0.05) is 24.2 Å². The number of amides is 1. The number of anilines is 1. The molecule has 17 heavy (non-hydrogen) atoms. The molecule has 1 atom stereocenters. The average Bonchev–Trinajstić information content (AvgIpc) is 2.84. The molecule has 1 saturated heterocycles. The van der Waals surface area contributed by atoms with Gasteiger partial charge in [0.05, 0.1) is 17.1 Å². The number of hydrogen-bond donors (Lipinski definition) is 1. The monoisotopic (exact) mass is 251 g/mol. The number of rotatable bonds is 3. The Balaban J connectivity index is 1.99. The molecule has 2 rings (SSSR count). The minimum atomic E-state index is -0.0854. The van der Waals surface area contributed by atoms with E-state index >= 15 is 0 Å². The topological polar surface area (TPSA) is 59.2 Å². The molecule has 2 N–H and O–H groups in total. The fourth-order valence-corrected chi connectivity index (χ4v) is 2.90. The highest BCUT2D eigenvalue weighted by atomic mass is 32.2. The molecule has 0 aromatic carbocycles. The van der Waals surface area contributed by atoms with E-state index in [2.05, 4.69) is 4.98 Å². The summed E-state index contributed by atoms with van der Waals surface area (Å²) in [4.78, 5) is 18.9. The predicted octanol–water partition coefficient (Wildman–Crippen LogP) is 1.77. The van der Waals surface area contributed by atoms with Gasteiger partial charge >= 0.3 is 0 Å². The van der Waals surface area contributed by atoms with E-state index in [0.29, 0.717) is 5.69 Å². The van der Waals surface area contributed by atoms with Crippen LogP contribution in [0, 0.1) is 0 Å². The van der Waals surface area contributed by atoms with Crippen LogP contribution in [0.1, 0.15) is 19.8 Å². The minimum absolute atomic E-state index is 0.0854. The van der Waals surface area contributed by atoms with Gasteiger partial charge in [0.2, 0.25) is 5.91 Å². The van der Waals surface area contributed by atoms with E-state index in [9.17, 15) is 4.79 Å². The van der Waals surface area contributed by atoms with Gasteiger partial charge in [0.15, 0.2) is 0 Å². The maximum absolute atomic E-state index is 12.1. The third kappa shape index (κ3) is 2.91. The lowest BCUT2D eigenvalue weighted by Gasteiger charge is -2.20. The molecule has 0 saturated carbocycles. The molecule has 1 aliphatic heterocycles. The number of nitrogens with zero attached hydrogens (tertiary/aromatic N) is 2. The Morgan fingerprint density at radius 1 is 1.53 bits per heavy atom. The lowest BCUT2D eigenvalue weighted by molar-refractivity contribution is -0.129. The van der Waals surface area contributed by atoms with Crippen molar-refractivity contribution >= 4 is 23.4 Å². The number of thioether (sulfide) groups is 1. The summed E-state index contributed by atoms with van der Waals surface area (Å²) in [5, 5.41) is -0.0854. The van der Waals surface area contributed by atoms with Crippen molar-refractivity contribution in [3.05, 3.63) is 18.5 Å². The first-order valence-corrected chi connectivity index (χ1v) is 6.71. The smallest absolute Gasteiger partial charge is 0.235 e. The van der Waals surface area contributed by atoms with Crippen molar-refractivity contribution in [2.45, 2.75) is 29.9 Å². The first-order chi connectivity index (χ1) is 8.18. The van der Waals surface area contributed by atoms with Gasteiger partial charge in [-0.1, -0.05) is 0 Å². The van der Waals surface area contributed by atoms with Crippen molar-refractivity contribution in [2.75, 3.05) is 18.8 Å². The molecule has 1 amide bonds. The standard InChI is InChI=1S/C12H17N3OS/c1-9(12(16)15-6-2-3-7-15)17-11-4-5-14-8-10(11)13/h4-5,8-9H,2-3,6-7,13H2,1H3. The quantitative estimate of drug-likeness (QED) is 0.832. The van der Waals surface area contributed by atoms with Crippen LogP contribution in [0.15, 0.2) is 23.4 Å². The normalized spacial score (nSPS) is 17.1. The Labute approximate surface area is 106 Å². The number of hydrogen-bond acceptors (Lipinski definition) is 4. The zero-order chi connectivity index (χ0) is 12.3. The molecule has 0 aliphatic carbocycles. The zero-order valence-electron chi connectivity index (χ0n) is 9.93. The molecule has 2 heterocycles. The lowest BCUT2D eigenvalue weighted by atomic mass is 10.4. The van der Waals surface area contributed by atoms with E-state index in [1.54, 1.807) is 12.4 Å².